The Labute approximate surface area is 139 Å². The molecule has 2 heterocycles. The highest BCUT2D eigenvalue weighted by Gasteiger charge is 2.20. The van der Waals surface area contributed by atoms with Crippen LogP contribution in [0, 0.1) is 12.8 Å². The smallest absolute Gasteiger partial charge is 0.253 e. The Hall–Kier alpha value is -1.55. The molecule has 1 amide bonds. The molecular weight excluding hydrogens is 286 g/mol. The first kappa shape index (κ1) is 16.3. The Balaban J connectivity index is 1.60. The summed E-state index contributed by atoms with van der Waals surface area (Å²) in [6.45, 7) is 7.20. The number of aryl methyl sites for hydroxylation is 1. The minimum absolute atomic E-state index is 0.0827. The van der Waals surface area contributed by atoms with Gasteiger partial charge in [0, 0.05) is 25.3 Å². The Morgan fingerprint density at radius 3 is 2.87 bits per heavy atom. The van der Waals surface area contributed by atoms with Gasteiger partial charge in [-0.2, -0.15) is 0 Å². The second kappa shape index (κ2) is 7.82. The molecule has 1 aromatic rings. The fourth-order valence-corrected chi connectivity index (χ4v) is 3.72. The molecule has 2 aliphatic rings. The third kappa shape index (κ3) is 4.25. The van der Waals surface area contributed by atoms with Gasteiger partial charge >= 0.3 is 0 Å². The summed E-state index contributed by atoms with van der Waals surface area (Å²) < 4.78 is 0. The zero-order valence-electron chi connectivity index (χ0n) is 14.2. The van der Waals surface area contributed by atoms with Crippen LogP contribution in [0.5, 0.6) is 0 Å². The van der Waals surface area contributed by atoms with Crippen molar-refractivity contribution >= 4 is 11.6 Å². The number of nitrogens with zero attached hydrogens (tertiary/aromatic N) is 1. The monoisotopic (exact) mass is 315 g/mol. The molecule has 2 saturated heterocycles. The van der Waals surface area contributed by atoms with Crippen molar-refractivity contribution in [2.75, 3.05) is 37.6 Å². The first-order valence-corrected chi connectivity index (χ1v) is 9.08. The van der Waals surface area contributed by atoms with Gasteiger partial charge in [-0.3, -0.25) is 4.79 Å². The molecule has 2 N–H and O–H groups in total. The third-order valence-electron chi connectivity index (χ3n) is 5.08. The molecule has 1 aromatic carbocycles. The second-order valence-electron chi connectivity index (χ2n) is 6.97. The number of hydrogen-bond acceptors (Lipinski definition) is 3. The lowest BCUT2D eigenvalue weighted by atomic mass is 9.96. The summed E-state index contributed by atoms with van der Waals surface area (Å²) >= 11 is 0. The molecule has 23 heavy (non-hydrogen) atoms. The Kier molecular flexibility index (Phi) is 5.55. The second-order valence-corrected chi connectivity index (χ2v) is 6.97. The van der Waals surface area contributed by atoms with Gasteiger partial charge in [0.15, 0.2) is 0 Å². The summed E-state index contributed by atoms with van der Waals surface area (Å²) in [6, 6.07) is 6.25. The summed E-state index contributed by atoms with van der Waals surface area (Å²) in [6.07, 6.45) is 6.07. The van der Waals surface area contributed by atoms with Crippen LogP contribution in [0.1, 0.15) is 48.0 Å². The lowest BCUT2D eigenvalue weighted by Crippen LogP contribution is -2.33. The molecule has 2 aliphatic heterocycles. The van der Waals surface area contributed by atoms with E-state index in [4.69, 9.17) is 0 Å². The van der Waals surface area contributed by atoms with Crippen molar-refractivity contribution in [3.05, 3.63) is 29.3 Å². The largest absolute Gasteiger partial charge is 0.371 e. The Morgan fingerprint density at radius 2 is 2.13 bits per heavy atom. The van der Waals surface area contributed by atoms with Crippen molar-refractivity contribution < 1.29 is 4.79 Å². The van der Waals surface area contributed by atoms with Crippen molar-refractivity contribution in [3.8, 4) is 0 Å². The third-order valence-corrected chi connectivity index (χ3v) is 5.08. The van der Waals surface area contributed by atoms with Gasteiger partial charge in [-0.15, -0.1) is 0 Å². The van der Waals surface area contributed by atoms with Crippen LogP contribution in [0.4, 0.5) is 5.69 Å². The molecule has 1 unspecified atom stereocenters. The van der Waals surface area contributed by atoms with Crippen molar-refractivity contribution in [2.24, 2.45) is 5.92 Å². The number of hydrogen-bond donors (Lipinski definition) is 2. The van der Waals surface area contributed by atoms with Crippen LogP contribution in [0.15, 0.2) is 18.2 Å². The molecule has 0 saturated carbocycles. The van der Waals surface area contributed by atoms with E-state index in [1.165, 1.54) is 25.7 Å². The van der Waals surface area contributed by atoms with Crippen LogP contribution in [-0.2, 0) is 0 Å². The number of rotatable bonds is 5. The highest BCUT2D eigenvalue weighted by Crippen LogP contribution is 2.25. The number of carbonyl (C=O) groups is 1. The van der Waals surface area contributed by atoms with Crippen LogP contribution in [-0.4, -0.2) is 38.6 Å². The maximum absolute atomic E-state index is 12.7. The quantitative estimate of drug-likeness (QED) is 0.878. The number of anilines is 1. The van der Waals surface area contributed by atoms with Crippen molar-refractivity contribution in [2.45, 2.75) is 39.0 Å². The summed E-state index contributed by atoms with van der Waals surface area (Å²) in [7, 11) is 0. The van der Waals surface area contributed by atoms with E-state index in [9.17, 15) is 4.79 Å². The van der Waals surface area contributed by atoms with E-state index >= 15 is 0 Å². The molecule has 0 spiro atoms. The van der Waals surface area contributed by atoms with Gasteiger partial charge in [-0.05, 0) is 70.2 Å². The molecule has 0 aliphatic carbocycles. The van der Waals surface area contributed by atoms with Crippen LogP contribution in [0.25, 0.3) is 0 Å². The van der Waals surface area contributed by atoms with Gasteiger partial charge in [0.1, 0.15) is 0 Å². The number of nitrogens with one attached hydrogen (secondary N) is 2. The van der Waals surface area contributed by atoms with Crippen LogP contribution < -0.4 is 15.5 Å². The van der Waals surface area contributed by atoms with Crippen molar-refractivity contribution in [3.63, 3.8) is 0 Å². The number of benzene rings is 1. The first-order chi connectivity index (χ1) is 11.2. The topological polar surface area (TPSA) is 44.4 Å². The molecule has 4 heteroatoms. The molecule has 126 valence electrons. The molecule has 4 nitrogen and oxygen atoms in total. The zero-order valence-corrected chi connectivity index (χ0v) is 14.2. The standard InChI is InChI=1S/C19H29N3O/c1-15-6-7-18(22-11-2-3-12-22)17(13-15)19(23)21-10-8-16-5-4-9-20-14-16/h6-7,13,16,20H,2-5,8-12,14H2,1H3,(H,21,23). The minimum Gasteiger partial charge on any atom is -0.371 e. The predicted octanol–water partition coefficient (Wildman–Crippen LogP) is 2.71. The SMILES string of the molecule is Cc1ccc(N2CCCC2)c(C(=O)NCCC2CCCNC2)c1. The van der Waals surface area contributed by atoms with Crippen LogP contribution >= 0.6 is 0 Å². The highest BCUT2D eigenvalue weighted by molar-refractivity contribution is 6.00. The van der Waals surface area contributed by atoms with E-state index in [2.05, 4.69) is 34.6 Å². The Bertz CT molecular complexity index is 531. The van der Waals surface area contributed by atoms with Gasteiger partial charge in [-0.25, -0.2) is 0 Å². The molecular formula is C19H29N3O. The summed E-state index contributed by atoms with van der Waals surface area (Å²) in [5.74, 6) is 0.791. The minimum atomic E-state index is 0.0827. The van der Waals surface area contributed by atoms with Gasteiger partial charge in [0.2, 0.25) is 0 Å². The summed E-state index contributed by atoms with van der Waals surface area (Å²) in [4.78, 5) is 15.0. The molecule has 0 radical (unpaired) electrons. The molecule has 0 bridgehead atoms. The summed E-state index contributed by atoms with van der Waals surface area (Å²) in [5.41, 5.74) is 3.09. The number of amides is 1. The fourth-order valence-electron chi connectivity index (χ4n) is 3.72. The predicted molar refractivity (Wildman–Crippen MR) is 95.2 cm³/mol. The molecule has 2 fully saturated rings. The van der Waals surface area contributed by atoms with E-state index < -0.39 is 0 Å². The van der Waals surface area contributed by atoms with Gasteiger partial charge in [0.05, 0.1) is 5.56 Å². The maximum Gasteiger partial charge on any atom is 0.253 e. The normalized spacial score (nSPS) is 21.4. The summed E-state index contributed by atoms with van der Waals surface area (Å²) in [5, 5.41) is 6.58. The van der Waals surface area contributed by atoms with E-state index in [1.54, 1.807) is 0 Å². The van der Waals surface area contributed by atoms with Gasteiger partial charge < -0.3 is 15.5 Å². The van der Waals surface area contributed by atoms with E-state index in [-0.39, 0.29) is 5.91 Å². The zero-order chi connectivity index (χ0) is 16.1. The number of piperidine rings is 1. The lowest BCUT2D eigenvalue weighted by Gasteiger charge is -2.23. The number of carbonyl (C=O) groups excluding carboxylic acids is 1. The lowest BCUT2D eigenvalue weighted by molar-refractivity contribution is 0.0951. The highest BCUT2D eigenvalue weighted by atomic mass is 16.1. The van der Waals surface area contributed by atoms with Gasteiger partial charge in [-0.1, -0.05) is 11.6 Å². The molecule has 1 atom stereocenters. The van der Waals surface area contributed by atoms with Gasteiger partial charge in [0.25, 0.3) is 5.91 Å². The first-order valence-electron chi connectivity index (χ1n) is 9.08. The Morgan fingerprint density at radius 1 is 1.30 bits per heavy atom. The fraction of sp³-hybridized carbons (Fsp3) is 0.632. The van der Waals surface area contributed by atoms with E-state index in [0.717, 1.165) is 56.0 Å². The molecule has 3 rings (SSSR count). The van der Waals surface area contributed by atoms with Crippen molar-refractivity contribution in [1.82, 2.24) is 10.6 Å². The maximum atomic E-state index is 12.7. The molecule has 0 aromatic heterocycles. The van der Waals surface area contributed by atoms with Crippen molar-refractivity contribution in [1.29, 1.82) is 0 Å². The average molecular weight is 315 g/mol. The van der Waals surface area contributed by atoms with Crippen LogP contribution in [0.2, 0.25) is 0 Å². The van der Waals surface area contributed by atoms with Crippen LogP contribution in [0.3, 0.4) is 0 Å². The van der Waals surface area contributed by atoms with E-state index in [0.29, 0.717) is 5.92 Å². The van der Waals surface area contributed by atoms with E-state index in [1.807, 2.05) is 6.07 Å². The average Bonchev–Trinajstić information content (AvgIpc) is 3.10.